The first-order chi connectivity index (χ1) is 35.0. The fourth-order valence-corrected chi connectivity index (χ4v) is 13.8. The number of ether oxygens (including phenoxy) is 1. The second-order valence-corrected chi connectivity index (χ2v) is 23.5. The molecule has 8 aromatic rings. The number of nitrogens with zero attached hydrogens (tertiary/aromatic N) is 10. The lowest BCUT2D eigenvalue weighted by molar-refractivity contribution is -0.0691. The summed E-state index contributed by atoms with van der Waals surface area (Å²) in [6.07, 6.45) is 14.9. The Hall–Kier alpha value is -6.77. The van der Waals surface area contributed by atoms with E-state index in [0.717, 1.165) is 79.7 Å². The molecule has 2 aliphatic heterocycles. The van der Waals surface area contributed by atoms with Crippen LogP contribution in [0.2, 0.25) is 5.02 Å². The summed E-state index contributed by atoms with van der Waals surface area (Å²) >= 11 is 9.06. The second-order valence-electron chi connectivity index (χ2n) is 20.9. The highest BCUT2D eigenvalue weighted by molar-refractivity contribution is 7.19. The maximum absolute atomic E-state index is 13.7. The molecule has 4 aliphatic rings. The molecule has 10 heterocycles. The van der Waals surface area contributed by atoms with Gasteiger partial charge in [0.15, 0.2) is 24.2 Å². The molecule has 73 heavy (non-hydrogen) atoms. The largest absolute Gasteiger partial charge is 0.378 e. The van der Waals surface area contributed by atoms with Gasteiger partial charge in [-0.25, -0.2) is 15.0 Å². The lowest BCUT2D eigenvalue weighted by atomic mass is 9.90. The van der Waals surface area contributed by atoms with Crippen molar-refractivity contribution < 1.29 is 14.3 Å². The van der Waals surface area contributed by atoms with Gasteiger partial charge in [0.2, 0.25) is 0 Å². The predicted octanol–water partition coefficient (Wildman–Crippen LogP) is 7.63. The molecular formula is C53H52ClN11O6S2. The Morgan fingerprint density at radius 3 is 1.90 bits per heavy atom. The number of aromatic nitrogens is 8. The first kappa shape index (κ1) is 48.5. The van der Waals surface area contributed by atoms with Crippen LogP contribution < -0.4 is 26.9 Å². The predicted molar refractivity (Wildman–Crippen MR) is 285 cm³/mol. The van der Waals surface area contributed by atoms with Gasteiger partial charge in [0.05, 0.1) is 59.7 Å². The van der Waals surface area contributed by atoms with Crippen molar-refractivity contribution in [2.45, 2.75) is 72.4 Å². The zero-order valence-electron chi connectivity index (χ0n) is 41.1. The number of piperazine rings is 1. The molecule has 1 atom stereocenters. The number of thiophene rings is 2. The first-order valence-corrected chi connectivity index (χ1v) is 26.1. The Morgan fingerprint density at radius 1 is 0.753 bits per heavy atom. The van der Waals surface area contributed by atoms with Gasteiger partial charge in [0, 0.05) is 77.4 Å². The molecule has 0 saturated carbocycles. The van der Waals surface area contributed by atoms with Gasteiger partial charge in [0.25, 0.3) is 16.7 Å². The molecule has 2 aliphatic carbocycles. The Morgan fingerprint density at radius 2 is 1.36 bits per heavy atom. The van der Waals surface area contributed by atoms with Crippen LogP contribution in [0.1, 0.15) is 76.2 Å². The van der Waals surface area contributed by atoms with E-state index >= 15 is 0 Å². The zero-order valence-corrected chi connectivity index (χ0v) is 43.5. The van der Waals surface area contributed by atoms with Crippen LogP contribution in [0.15, 0.2) is 81.9 Å². The quantitative estimate of drug-likeness (QED) is 0.139. The molecule has 8 aromatic heterocycles. The van der Waals surface area contributed by atoms with Crippen LogP contribution in [0.4, 0.5) is 17.2 Å². The van der Waals surface area contributed by atoms with Gasteiger partial charge in [-0.2, -0.15) is 19.6 Å². The van der Waals surface area contributed by atoms with Gasteiger partial charge in [-0.3, -0.25) is 28.9 Å². The Labute approximate surface area is 432 Å². The molecule has 17 nitrogen and oxygen atoms in total. The molecule has 0 spiro atoms. The van der Waals surface area contributed by atoms with Crippen molar-refractivity contribution in [2.75, 3.05) is 43.1 Å². The normalized spacial score (nSPS) is 18.0. The number of carbonyl (C=O) groups excluding carboxylic acids is 2. The lowest BCUT2D eigenvalue weighted by Gasteiger charge is -2.46. The van der Waals surface area contributed by atoms with Gasteiger partial charge in [0.1, 0.15) is 20.9 Å². The third-order valence-corrected chi connectivity index (χ3v) is 17.2. The summed E-state index contributed by atoms with van der Waals surface area (Å²) in [7, 11) is 1.66. The maximum atomic E-state index is 13.7. The number of anilines is 3. The van der Waals surface area contributed by atoms with Gasteiger partial charge in [-0.15, -0.1) is 22.7 Å². The Kier molecular flexibility index (Phi) is 12.4. The number of aryl methyl sites for hydroxylation is 1. The summed E-state index contributed by atoms with van der Waals surface area (Å²) in [6.45, 7) is 15.6. The monoisotopic (exact) mass is 1040 g/mol. The first-order valence-electron chi connectivity index (χ1n) is 24.1. The number of halogens is 1. The number of hydrogen-bond donors (Lipinski definition) is 1. The summed E-state index contributed by atoms with van der Waals surface area (Å²) in [5.41, 5.74) is 4.81. The molecule has 0 radical (unpaired) electrons. The van der Waals surface area contributed by atoms with Crippen LogP contribution in [0, 0.1) is 10.8 Å². The van der Waals surface area contributed by atoms with Crippen LogP contribution in [-0.4, -0.2) is 101 Å². The SMILES string of the molecule is CC1(C)Cc2sc3c(=O)n(-c4nccc(Cl)c4C=O)ncc3c2C1.C[C@H]1CN(C2COC2)CCN1c1ccc(Nc2cc(-c3ccnc(-n4ncc5c6c(sc5c4=O)CC(C)(C)C6)c3C=O)cn(C)c2=O)nc1. The fourth-order valence-electron chi connectivity index (χ4n) is 10.7. The average Bonchev–Trinajstić information content (AvgIpc) is 4.05. The Bertz CT molecular complexity index is 3730. The van der Waals surface area contributed by atoms with Crippen molar-refractivity contribution in [3.63, 3.8) is 0 Å². The van der Waals surface area contributed by atoms with E-state index in [1.165, 1.54) is 65.1 Å². The third-order valence-electron chi connectivity index (χ3n) is 14.4. The lowest BCUT2D eigenvalue weighted by Crippen LogP contribution is -2.59. The van der Waals surface area contributed by atoms with Crippen molar-refractivity contribution in [3.05, 3.63) is 136 Å². The summed E-state index contributed by atoms with van der Waals surface area (Å²) in [5, 5.41) is 14.0. The van der Waals surface area contributed by atoms with Gasteiger partial charge < -0.3 is 19.5 Å². The van der Waals surface area contributed by atoms with E-state index in [-0.39, 0.29) is 55.3 Å². The molecule has 12 rings (SSSR count). The minimum absolute atomic E-state index is 0.144. The highest BCUT2D eigenvalue weighted by Gasteiger charge is 2.35. The molecule has 0 unspecified atom stereocenters. The maximum Gasteiger partial charge on any atom is 0.290 e. The number of carbonyl (C=O) groups is 2. The van der Waals surface area contributed by atoms with Crippen LogP contribution in [0.25, 0.3) is 42.9 Å². The van der Waals surface area contributed by atoms with Gasteiger partial charge in [-0.1, -0.05) is 39.3 Å². The summed E-state index contributed by atoms with van der Waals surface area (Å²) < 4.78 is 10.5. The van der Waals surface area contributed by atoms with Crippen molar-refractivity contribution in [2.24, 2.45) is 17.9 Å². The number of pyridine rings is 4. The zero-order chi connectivity index (χ0) is 51.1. The van der Waals surface area contributed by atoms with E-state index in [4.69, 9.17) is 16.3 Å². The van der Waals surface area contributed by atoms with E-state index in [2.05, 4.69) is 74.9 Å². The standard InChI is InChI=1S/C36H38N8O4S.C17H14ClN3O2S/c1-21-16-42(24-19-48-20-24)9-10-43(21)23-5-6-31(38-14-23)40-29-11-22(17-41(4)34(29)46)25-7-8-37-33(28(25)18-45)44-35(47)32-27(15-39-44)26-12-36(2,3)13-30(26)49-32;1-17(2)5-9-10-7-20-21(16(23)14(10)24-13(9)6-17)15-11(8-22)12(18)3-4-19-15/h5-8,11,14-15,17-18,21,24H,9-10,12-13,16,19-20H2,1-4H3,(H,38,40);3-4,7-8H,5-6H2,1-2H3/t21-;/m0./s1. The van der Waals surface area contributed by atoms with Gasteiger partial charge >= 0.3 is 0 Å². The van der Waals surface area contributed by atoms with E-state index in [0.29, 0.717) is 56.7 Å². The van der Waals surface area contributed by atoms with Crippen LogP contribution >= 0.6 is 34.3 Å². The summed E-state index contributed by atoms with van der Waals surface area (Å²) in [5.74, 6) is 0.834. The van der Waals surface area contributed by atoms with E-state index in [1.807, 2.05) is 18.3 Å². The highest BCUT2D eigenvalue weighted by atomic mass is 35.5. The topological polar surface area (TPSA) is 192 Å². The molecule has 0 amide bonds. The van der Waals surface area contributed by atoms with Crippen LogP contribution in [0.3, 0.4) is 0 Å². The highest BCUT2D eigenvalue weighted by Crippen LogP contribution is 2.45. The number of aldehydes is 2. The van der Waals surface area contributed by atoms with E-state index in [1.54, 1.807) is 44.0 Å². The smallest absolute Gasteiger partial charge is 0.290 e. The van der Waals surface area contributed by atoms with Crippen LogP contribution in [-0.2, 0) is 37.5 Å². The fraction of sp³-hybridized carbons (Fsp3) is 0.358. The van der Waals surface area contributed by atoms with Crippen molar-refractivity contribution in [3.8, 4) is 22.8 Å². The molecule has 374 valence electrons. The Balaban J connectivity index is 0.000000200. The summed E-state index contributed by atoms with van der Waals surface area (Å²) in [4.78, 5) is 84.4. The van der Waals surface area contributed by atoms with Gasteiger partial charge in [-0.05, 0) is 90.5 Å². The molecule has 2 saturated heterocycles. The van der Waals surface area contributed by atoms with Crippen molar-refractivity contribution >= 4 is 84.2 Å². The molecule has 0 bridgehead atoms. The number of nitrogens with one attached hydrogen (secondary N) is 1. The van der Waals surface area contributed by atoms with Crippen LogP contribution in [0.5, 0.6) is 0 Å². The average molecular weight is 1040 g/mol. The molecule has 1 N–H and O–H groups in total. The molecule has 2 fully saturated rings. The van der Waals surface area contributed by atoms with E-state index < -0.39 is 0 Å². The second kappa shape index (κ2) is 18.6. The molecular weight excluding hydrogens is 986 g/mol. The summed E-state index contributed by atoms with van der Waals surface area (Å²) in [6, 6.07) is 9.67. The minimum atomic E-state index is -0.302. The minimum Gasteiger partial charge on any atom is -0.378 e. The third kappa shape index (κ3) is 8.79. The number of hydrogen-bond acceptors (Lipinski definition) is 16. The number of fused-ring (bicyclic) bond motifs is 6. The van der Waals surface area contributed by atoms with Crippen molar-refractivity contribution in [1.82, 2.24) is 44.0 Å². The number of rotatable bonds is 9. The molecule has 0 aromatic carbocycles. The van der Waals surface area contributed by atoms with Crippen molar-refractivity contribution in [1.29, 1.82) is 0 Å². The van der Waals surface area contributed by atoms with E-state index in [9.17, 15) is 24.0 Å². The molecule has 20 heteroatoms.